The van der Waals surface area contributed by atoms with Crippen molar-refractivity contribution >= 4 is 15.7 Å². The number of hydrogen-bond acceptors (Lipinski definition) is 4. The molecule has 0 saturated carbocycles. The molecule has 1 rings (SSSR count). The van der Waals surface area contributed by atoms with E-state index >= 15 is 0 Å². The number of hydrogen-bond donors (Lipinski definition) is 1. The van der Waals surface area contributed by atoms with Crippen molar-refractivity contribution in [3.8, 4) is 0 Å². The summed E-state index contributed by atoms with van der Waals surface area (Å²) in [4.78, 5) is 9.16. The number of nitrogens with one attached hydrogen (secondary N) is 1. The molecule has 0 aliphatic carbocycles. The molecular formula is C10H13FN2O4S. The van der Waals surface area contributed by atoms with E-state index < -0.39 is 26.5 Å². The highest BCUT2D eigenvalue weighted by Gasteiger charge is 2.20. The van der Waals surface area contributed by atoms with Gasteiger partial charge in [-0.15, -0.1) is 0 Å². The second kappa shape index (κ2) is 5.40. The van der Waals surface area contributed by atoms with Gasteiger partial charge in [0, 0.05) is 18.7 Å². The van der Waals surface area contributed by atoms with Gasteiger partial charge in [0.05, 0.1) is 9.82 Å². The van der Waals surface area contributed by atoms with Crippen molar-refractivity contribution < 1.29 is 17.7 Å². The summed E-state index contributed by atoms with van der Waals surface area (Å²) in [6.45, 7) is 3.85. The zero-order chi connectivity index (χ0) is 13.9. The molecule has 0 saturated heterocycles. The van der Waals surface area contributed by atoms with Gasteiger partial charge in [0.2, 0.25) is 15.8 Å². The SMILES string of the molecule is CC(C)CNS(=O)(=O)c1ccc([N+](=O)[O-])c(F)c1. The van der Waals surface area contributed by atoms with Crippen LogP contribution < -0.4 is 4.72 Å². The van der Waals surface area contributed by atoms with Gasteiger partial charge >= 0.3 is 5.69 Å². The Morgan fingerprint density at radius 3 is 2.50 bits per heavy atom. The van der Waals surface area contributed by atoms with E-state index in [1.54, 1.807) is 0 Å². The van der Waals surface area contributed by atoms with Gasteiger partial charge in [-0.3, -0.25) is 10.1 Å². The van der Waals surface area contributed by atoms with Gasteiger partial charge in [-0.05, 0) is 12.0 Å². The number of sulfonamides is 1. The molecule has 0 spiro atoms. The molecule has 0 aromatic heterocycles. The molecule has 0 atom stereocenters. The summed E-state index contributed by atoms with van der Waals surface area (Å²) in [6.07, 6.45) is 0. The molecule has 0 heterocycles. The molecule has 1 aromatic carbocycles. The Balaban J connectivity index is 3.04. The summed E-state index contributed by atoms with van der Waals surface area (Å²) in [5.74, 6) is -1.07. The number of nitro benzene ring substituents is 1. The predicted molar refractivity (Wildman–Crippen MR) is 63.1 cm³/mol. The van der Waals surface area contributed by atoms with Crippen LogP contribution in [0.4, 0.5) is 10.1 Å². The summed E-state index contributed by atoms with van der Waals surface area (Å²) >= 11 is 0. The van der Waals surface area contributed by atoms with Crippen molar-refractivity contribution in [2.75, 3.05) is 6.54 Å². The first-order chi connectivity index (χ1) is 8.24. The van der Waals surface area contributed by atoms with E-state index in [9.17, 15) is 22.9 Å². The zero-order valence-electron chi connectivity index (χ0n) is 9.88. The third-order valence-corrected chi connectivity index (χ3v) is 3.53. The summed E-state index contributed by atoms with van der Waals surface area (Å²) in [5, 5.41) is 10.4. The third kappa shape index (κ3) is 3.47. The second-order valence-electron chi connectivity index (χ2n) is 4.12. The predicted octanol–water partition coefficient (Wildman–Crippen LogP) is 1.67. The summed E-state index contributed by atoms with van der Waals surface area (Å²) < 4.78 is 39.0. The summed E-state index contributed by atoms with van der Waals surface area (Å²) in [6, 6.07) is 2.48. The fourth-order valence-electron chi connectivity index (χ4n) is 1.16. The zero-order valence-corrected chi connectivity index (χ0v) is 10.7. The molecule has 0 fully saturated rings. The van der Waals surface area contributed by atoms with Crippen molar-refractivity contribution in [2.45, 2.75) is 18.7 Å². The lowest BCUT2D eigenvalue weighted by Gasteiger charge is -2.08. The van der Waals surface area contributed by atoms with E-state index in [0.717, 1.165) is 12.1 Å². The van der Waals surface area contributed by atoms with Crippen LogP contribution >= 0.6 is 0 Å². The van der Waals surface area contributed by atoms with Gasteiger partial charge < -0.3 is 0 Å². The van der Waals surface area contributed by atoms with Crippen LogP contribution in [0.25, 0.3) is 0 Å². The van der Waals surface area contributed by atoms with Crippen LogP contribution in [-0.4, -0.2) is 19.9 Å². The summed E-state index contributed by atoms with van der Waals surface area (Å²) in [7, 11) is -3.83. The van der Waals surface area contributed by atoms with E-state index in [1.807, 2.05) is 13.8 Å². The van der Waals surface area contributed by atoms with Gasteiger partial charge in [-0.1, -0.05) is 13.8 Å². The minimum Gasteiger partial charge on any atom is -0.258 e. The van der Waals surface area contributed by atoms with E-state index in [-0.39, 0.29) is 17.4 Å². The topological polar surface area (TPSA) is 89.3 Å². The van der Waals surface area contributed by atoms with E-state index in [2.05, 4.69) is 4.72 Å². The van der Waals surface area contributed by atoms with Gasteiger partial charge in [-0.2, -0.15) is 4.39 Å². The van der Waals surface area contributed by atoms with Crippen LogP contribution in [0.1, 0.15) is 13.8 Å². The molecule has 1 aromatic rings. The quantitative estimate of drug-likeness (QED) is 0.654. The fraction of sp³-hybridized carbons (Fsp3) is 0.400. The van der Waals surface area contributed by atoms with Gasteiger partial charge in [0.15, 0.2) is 0 Å². The molecule has 0 aliphatic rings. The number of benzene rings is 1. The lowest BCUT2D eigenvalue weighted by atomic mass is 10.2. The Morgan fingerprint density at radius 2 is 2.06 bits per heavy atom. The molecule has 0 aliphatic heterocycles. The number of nitrogens with zero attached hydrogens (tertiary/aromatic N) is 1. The first-order valence-corrected chi connectivity index (χ1v) is 6.66. The van der Waals surface area contributed by atoms with Crippen LogP contribution in [0.5, 0.6) is 0 Å². The maximum absolute atomic E-state index is 13.3. The average Bonchev–Trinajstić information content (AvgIpc) is 2.26. The summed E-state index contributed by atoms with van der Waals surface area (Å²) in [5.41, 5.74) is -0.752. The van der Waals surface area contributed by atoms with Gasteiger partial charge in [0.1, 0.15) is 0 Å². The molecule has 0 radical (unpaired) electrons. The molecule has 18 heavy (non-hydrogen) atoms. The minimum atomic E-state index is -3.83. The number of rotatable bonds is 5. The van der Waals surface area contributed by atoms with Gasteiger partial charge in [-0.25, -0.2) is 13.1 Å². The maximum atomic E-state index is 13.3. The Bertz CT molecular complexity index is 557. The molecular weight excluding hydrogens is 263 g/mol. The highest BCUT2D eigenvalue weighted by Crippen LogP contribution is 2.20. The van der Waals surface area contributed by atoms with E-state index in [1.165, 1.54) is 0 Å². The van der Waals surface area contributed by atoms with Crippen molar-refractivity contribution in [1.82, 2.24) is 4.72 Å². The molecule has 6 nitrogen and oxygen atoms in total. The lowest BCUT2D eigenvalue weighted by Crippen LogP contribution is -2.27. The smallest absolute Gasteiger partial charge is 0.258 e. The Hall–Kier alpha value is -1.54. The maximum Gasteiger partial charge on any atom is 0.304 e. The second-order valence-corrected chi connectivity index (χ2v) is 5.88. The van der Waals surface area contributed by atoms with Crippen LogP contribution in [0.2, 0.25) is 0 Å². The fourth-order valence-corrected chi connectivity index (χ4v) is 2.39. The van der Waals surface area contributed by atoms with Gasteiger partial charge in [0.25, 0.3) is 0 Å². The Morgan fingerprint density at radius 1 is 1.44 bits per heavy atom. The van der Waals surface area contributed by atoms with Crippen LogP contribution in [-0.2, 0) is 10.0 Å². The van der Waals surface area contributed by atoms with Crippen LogP contribution in [0.15, 0.2) is 23.1 Å². The van der Waals surface area contributed by atoms with E-state index in [4.69, 9.17) is 0 Å². The lowest BCUT2D eigenvalue weighted by molar-refractivity contribution is -0.387. The van der Waals surface area contributed by atoms with Crippen LogP contribution in [0, 0.1) is 21.8 Å². The first-order valence-electron chi connectivity index (χ1n) is 5.17. The minimum absolute atomic E-state index is 0.0997. The Labute approximate surface area is 104 Å². The molecule has 1 N–H and O–H groups in total. The first kappa shape index (κ1) is 14.5. The molecule has 8 heteroatoms. The molecule has 0 bridgehead atoms. The normalized spacial score (nSPS) is 11.8. The standard InChI is InChI=1S/C10H13FN2O4S/c1-7(2)6-12-18(16,17)8-3-4-10(13(14)15)9(11)5-8/h3-5,7,12H,6H2,1-2H3. The number of nitro groups is 1. The molecule has 100 valence electrons. The van der Waals surface area contributed by atoms with Crippen molar-refractivity contribution in [3.05, 3.63) is 34.1 Å². The van der Waals surface area contributed by atoms with Crippen molar-refractivity contribution in [2.24, 2.45) is 5.92 Å². The van der Waals surface area contributed by atoms with Crippen molar-refractivity contribution in [3.63, 3.8) is 0 Å². The highest BCUT2D eigenvalue weighted by atomic mass is 32.2. The van der Waals surface area contributed by atoms with E-state index in [0.29, 0.717) is 6.07 Å². The molecule has 0 unspecified atom stereocenters. The number of halogens is 1. The average molecular weight is 276 g/mol. The monoisotopic (exact) mass is 276 g/mol. The third-order valence-electron chi connectivity index (χ3n) is 2.11. The van der Waals surface area contributed by atoms with Crippen molar-refractivity contribution in [1.29, 1.82) is 0 Å². The molecule has 0 amide bonds. The largest absolute Gasteiger partial charge is 0.304 e. The Kier molecular flexibility index (Phi) is 4.36. The highest BCUT2D eigenvalue weighted by molar-refractivity contribution is 7.89. The van der Waals surface area contributed by atoms with Crippen LogP contribution in [0.3, 0.4) is 0 Å².